The summed E-state index contributed by atoms with van der Waals surface area (Å²) >= 11 is 12.2. The molecule has 10 heteroatoms. The molecule has 0 bridgehead atoms. The number of anilines is 1. The Labute approximate surface area is 218 Å². The van der Waals surface area contributed by atoms with Crippen molar-refractivity contribution in [2.24, 2.45) is 0 Å². The number of hydrogen-bond acceptors (Lipinski definition) is 4. The maximum absolute atomic E-state index is 13.5. The zero-order valence-electron chi connectivity index (χ0n) is 20.9. The normalized spacial score (nSPS) is 12.5. The molecule has 0 aromatic heterocycles. The van der Waals surface area contributed by atoms with E-state index >= 15 is 0 Å². The van der Waals surface area contributed by atoms with Gasteiger partial charge in [0, 0.05) is 12.6 Å². The van der Waals surface area contributed by atoms with Gasteiger partial charge in [0.05, 0.1) is 22.0 Å². The molecular weight excluding hydrogens is 509 g/mol. The van der Waals surface area contributed by atoms with E-state index in [2.05, 4.69) is 5.32 Å². The van der Waals surface area contributed by atoms with E-state index in [-0.39, 0.29) is 24.4 Å². The number of amides is 2. The number of halogens is 2. The van der Waals surface area contributed by atoms with Crippen LogP contribution >= 0.6 is 23.2 Å². The molecule has 2 rings (SSSR count). The lowest BCUT2D eigenvalue weighted by Crippen LogP contribution is -2.52. The van der Waals surface area contributed by atoms with E-state index in [1.54, 1.807) is 37.3 Å². The highest BCUT2D eigenvalue weighted by molar-refractivity contribution is 7.92. The lowest BCUT2D eigenvalue weighted by molar-refractivity contribution is -0.139. The number of sulfonamides is 1. The molecule has 2 amide bonds. The average Bonchev–Trinajstić information content (AvgIpc) is 2.76. The fraction of sp³-hybridized carbons (Fsp3) is 0.440. The summed E-state index contributed by atoms with van der Waals surface area (Å²) in [7, 11) is -3.78. The van der Waals surface area contributed by atoms with Crippen LogP contribution in [0.1, 0.15) is 51.7 Å². The first-order chi connectivity index (χ1) is 16.2. The van der Waals surface area contributed by atoms with Crippen molar-refractivity contribution in [3.63, 3.8) is 0 Å². The number of carbonyl (C=O) groups excluding carboxylic acids is 2. The first kappa shape index (κ1) is 28.9. The lowest BCUT2D eigenvalue weighted by Gasteiger charge is -2.32. The van der Waals surface area contributed by atoms with Gasteiger partial charge in [-0.15, -0.1) is 0 Å². The van der Waals surface area contributed by atoms with Gasteiger partial charge in [0.2, 0.25) is 21.8 Å². The van der Waals surface area contributed by atoms with Crippen molar-refractivity contribution in [3.05, 3.63) is 63.6 Å². The number of nitrogens with zero attached hydrogens (tertiary/aromatic N) is 2. The van der Waals surface area contributed by atoms with E-state index < -0.39 is 28.5 Å². The molecule has 0 saturated carbocycles. The van der Waals surface area contributed by atoms with Gasteiger partial charge in [-0.05, 0) is 62.1 Å². The van der Waals surface area contributed by atoms with E-state index in [1.165, 1.54) is 4.90 Å². The summed E-state index contributed by atoms with van der Waals surface area (Å²) < 4.78 is 26.3. The number of carbonyl (C=O) groups is 2. The van der Waals surface area contributed by atoms with Crippen LogP contribution in [0.25, 0.3) is 0 Å². The second-order valence-electron chi connectivity index (χ2n) is 9.13. The molecule has 0 spiro atoms. The van der Waals surface area contributed by atoms with Crippen molar-refractivity contribution in [3.8, 4) is 0 Å². The highest BCUT2D eigenvalue weighted by atomic mass is 35.5. The summed E-state index contributed by atoms with van der Waals surface area (Å²) in [5.74, 6) is -0.596. The van der Waals surface area contributed by atoms with Crippen LogP contribution < -0.4 is 9.62 Å². The third kappa shape index (κ3) is 8.12. The van der Waals surface area contributed by atoms with Crippen LogP contribution in [-0.2, 0) is 26.2 Å². The fourth-order valence-corrected chi connectivity index (χ4v) is 4.63. The molecule has 1 N–H and O–H groups in total. The van der Waals surface area contributed by atoms with Crippen molar-refractivity contribution in [1.29, 1.82) is 0 Å². The van der Waals surface area contributed by atoms with Gasteiger partial charge in [0.1, 0.15) is 12.6 Å². The molecule has 0 aliphatic rings. The maximum Gasteiger partial charge on any atom is 0.244 e. The molecule has 0 radical (unpaired) electrons. The molecule has 192 valence electrons. The Bertz CT molecular complexity index is 1150. The van der Waals surface area contributed by atoms with E-state index in [0.717, 1.165) is 16.1 Å². The highest BCUT2D eigenvalue weighted by Crippen LogP contribution is 2.25. The van der Waals surface area contributed by atoms with Gasteiger partial charge in [-0.2, -0.15) is 0 Å². The largest absolute Gasteiger partial charge is 0.352 e. The Hall–Kier alpha value is -2.29. The number of rotatable bonds is 10. The summed E-state index contributed by atoms with van der Waals surface area (Å²) in [6, 6.07) is 11.0. The Morgan fingerprint density at radius 3 is 2.03 bits per heavy atom. The van der Waals surface area contributed by atoms with Crippen LogP contribution in [0.15, 0.2) is 42.5 Å². The van der Waals surface area contributed by atoms with E-state index in [0.29, 0.717) is 21.3 Å². The predicted octanol–water partition coefficient (Wildman–Crippen LogP) is 4.82. The lowest BCUT2D eigenvalue weighted by atomic mass is 10.0. The molecular formula is C25H33Cl2N3O4S. The van der Waals surface area contributed by atoms with Crippen LogP contribution in [0.5, 0.6) is 0 Å². The fourth-order valence-electron chi connectivity index (χ4n) is 3.46. The third-order valence-electron chi connectivity index (χ3n) is 5.46. The van der Waals surface area contributed by atoms with Gasteiger partial charge in [0.25, 0.3) is 0 Å². The van der Waals surface area contributed by atoms with Gasteiger partial charge in [-0.25, -0.2) is 8.42 Å². The summed E-state index contributed by atoms with van der Waals surface area (Å²) in [6.45, 7) is 8.92. The van der Waals surface area contributed by atoms with Gasteiger partial charge in [0.15, 0.2) is 0 Å². The standard InChI is InChI=1S/C25H33Cl2N3O4S/c1-16(2)20-8-10-21(11-9-20)30(35(6,33)34)15-24(31)29(18(5)25(32)28-17(3)4)14-19-7-12-22(26)23(27)13-19/h7-13,16-18H,14-15H2,1-6H3,(H,28,32)/t18-/m1/s1. The Morgan fingerprint density at radius 1 is 0.943 bits per heavy atom. The predicted molar refractivity (Wildman–Crippen MR) is 142 cm³/mol. The minimum absolute atomic E-state index is 0.0479. The van der Waals surface area contributed by atoms with E-state index in [1.807, 2.05) is 39.8 Å². The SMILES string of the molecule is CC(C)NC(=O)[C@@H](C)N(Cc1ccc(Cl)c(Cl)c1)C(=O)CN(c1ccc(C(C)C)cc1)S(C)(=O)=O. The molecule has 0 fully saturated rings. The molecule has 1 atom stereocenters. The van der Waals surface area contributed by atoms with Gasteiger partial charge < -0.3 is 10.2 Å². The van der Waals surface area contributed by atoms with Crippen LogP contribution in [-0.4, -0.2) is 50.0 Å². The van der Waals surface area contributed by atoms with E-state index in [9.17, 15) is 18.0 Å². The van der Waals surface area contributed by atoms with Crippen LogP contribution in [0.4, 0.5) is 5.69 Å². The minimum atomic E-state index is -3.78. The van der Waals surface area contributed by atoms with Crippen LogP contribution in [0.2, 0.25) is 10.0 Å². The first-order valence-electron chi connectivity index (χ1n) is 11.3. The Morgan fingerprint density at radius 2 is 1.54 bits per heavy atom. The number of benzene rings is 2. The van der Waals surface area contributed by atoms with Crippen LogP contribution in [0.3, 0.4) is 0 Å². The first-order valence-corrected chi connectivity index (χ1v) is 13.9. The molecule has 0 unspecified atom stereocenters. The summed E-state index contributed by atoms with van der Waals surface area (Å²) in [5.41, 5.74) is 2.08. The van der Waals surface area contributed by atoms with Crippen molar-refractivity contribution >= 4 is 50.7 Å². The Balaban J connectivity index is 2.41. The minimum Gasteiger partial charge on any atom is -0.352 e. The number of hydrogen-bond donors (Lipinski definition) is 1. The van der Waals surface area contributed by atoms with Crippen LogP contribution in [0, 0.1) is 0 Å². The van der Waals surface area contributed by atoms with Crippen molar-refractivity contribution < 1.29 is 18.0 Å². The zero-order chi connectivity index (χ0) is 26.5. The molecule has 0 aliphatic carbocycles. The molecule has 2 aromatic rings. The van der Waals surface area contributed by atoms with Gasteiger partial charge in [-0.3, -0.25) is 13.9 Å². The highest BCUT2D eigenvalue weighted by Gasteiger charge is 2.30. The molecule has 0 aliphatic heterocycles. The van der Waals surface area contributed by atoms with E-state index in [4.69, 9.17) is 23.2 Å². The summed E-state index contributed by atoms with van der Waals surface area (Å²) in [4.78, 5) is 27.6. The molecule has 35 heavy (non-hydrogen) atoms. The third-order valence-corrected chi connectivity index (χ3v) is 7.34. The molecule has 7 nitrogen and oxygen atoms in total. The quantitative estimate of drug-likeness (QED) is 0.466. The molecule has 2 aromatic carbocycles. The number of nitrogens with one attached hydrogen (secondary N) is 1. The topological polar surface area (TPSA) is 86.8 Å². The molecule has 0 saturated heterocycles. The second-order valence-corrected chi connectivity index (χ2v) is 11.8. The van der Waals surface area contributed by atoms with Gasteiger partial charge >= 0.3 is 0 Å². The van der Waals surface area contributed by atoms with Gasteiger partial charge in [-0.1, -0.05) is 55.2 Å². The van der Waals surface area contributed by atoms with Crippen molar-refractivity contribution in [1.82, 2.24) is 10.2 Å². The zero-order valence-corrected chi connectivity index (χ0v) is 23.2. The molecule has 0 heterocycles. The van der Waals surface area contributed by atoms with Crippen molar-refractivity contribution in [2.45, 2.75) is 59.2 Å². The average molecular weight is 543 g/mol. The second kappa shape index (κ2) is 12.1. The summed E-state index contributed by atoms with van der Waals surface area (Å²) in [5, 5.41) is 3.49. The van der Waals surface area contributed by atoms with Crippen molar-refractivity contribution in [2.75, 3.05) is 17.1 Å². The smallest absolute Gasteiger partial charge is 0.244 e. The maximum atomic E-state index is 13.5. The summed E-state index contributed by atoms with van der Waals surface area (Å²) in [6.07, 6.45) is 1.05. The Kier molecular flexibility index (Phi) is 10.0. The monoisotopic (exact) mass is 541 g/mol.